The minimum absolute atomic E-state index is 0.0195. The molecule has 1 heterocycles. The number of benzene rings is 1. The Balaban J connectivity index is 1.86. The molecule has 6 nitrogen and oxygen atoms in total. The molecule has 0 radical (unpaired) electrons. The van der Waals surface area contributed by atoms with Crippen molar-refractivity contribution in [2.24, 2.45) is 0 Å². The first-order valence-corrected chi connectivity index (χ1v) is 7.92. The predicted molar refractivity (Wildman–Crippen MR) is 87.9 cm³/mol. The number of anilines is 1. The van der Waals surface area contributed by atoms with Crippen LogP contribution in [0.5, 0.6) is 0 Å². The fraction of sp³-hybridized carbons (Fsp3) is 0.471. The zero-order valence-corrected chi connectivity index (χ0v) is 13.7. The summed E-state index contributed by atoms with van der Waals surface area (Å²) in [5.74, 6) is -0.476. The summed E-state index contributed by atoms with van der Waals surface area (Å²) in [5, 5.41) is 2.81. The van der Waals surface area contributed by atoms with Crippen LogP contribution in [0, 0.1) is 0 Å². The Labute approximate surface area is 136 Å². The molecule has 3 amide bonds. The predicted octanol–water partition coefficient (Wildman–Crippen LogP) is 1.27. The standard InChI is InChI=1S/C17H23N3O3/c1-3-14-6-4-5-7-15(14)18-16(22)12-17(23)20-10-8-19(9-11-20)13(2)21/h4-7H,3,8-12H2,1-2H3,(H,18,22). The molecule has 1 fully saturated rings. The topological polar surface area (TPSA) is 69.7 Å². The van der Waals surface area contributed by atoms with Gasteiger partial charge in [-0.25, -0.2) is 0 Å². The van der Waals surface area contributed by atoms with Gasteiger partial charge in [0.1, 0.15) is 6.42 Å². The lowest BCUT2D eigenvalue weighted by Crippen LogP contribution is -2.50. The zero-order chi connectivity index (χ0) is 16.8. The van der Waals surface area contributed by atoms with Gasteiger partial charge in [-0.15, -0.1) is 0 Å². The van der Waals surface area contributed by atoms with E-state index in [0.717, 1.165) is 17.7 Å². The second kappa shape index (κ2) is 7.76. The van der Waals surface area contributed by atoms with Crippen LogP contribution in [-0.4, -0.2) is 53.7 Å². The molecule has 0 aromatic heterocycles. The van der Waals surface area contributed by atoms with Crippen LogP contribution in [0.25, 0.3) is 0 Å². The van der Waals surface area contributed by atoms with E-state index in [1.54, 1.807) is 9.80 Å². The van der Waals surface area contributed by atoms with E-state index in [1.165, 1.54) is 6.92 Å². The van der Waals surface area contributed by atoms with Gasteiger partial charge in [-0.2, -0.15) is 0 Å². The summed E-state index contributed by atoms with van der Waals surface area (Å²) in [6, 6.07) is 7.58. The minimum atomic E-state index is -0.301. The van der Waals surface area contributed by atoms with Crippen LogP contribution in [0.4, 0.5) is 5.69 Å². The van der Waals surface area contributed by atoms with Gasteiger partial charge in [0.2, 0.25) is 17.7 Å². The summed E-state index contributed by atoms with van der Waals surface area (Å²) in [4.78, 5) is 38.9. The fourth-order valence-corrected chi connectivity index (χ4v) is 2.66. The number of nitrogens with one attached hydrogen (secondary N) is 1. The van der Waals surface area contributed by atoms with Gasteiger partial charge in [0.25, 0.3) is 0 Å². The average molecular weight is 317 g/mol. The number of aryl methyl sites for hydroxylation is 1. The van der Waals surface area contributed by atoms with Crippen molar-refractivity contribution in [3.05, 3.63) is 29.8 Å². The van der Waals surface area contributed by atoms with E-state index in [9.17, 15) is 14.4 Å². The lowest BCUT2D eigenvalue weighted by Gasteiger charge is -2.34. The smallest absolute Gasteiger partial charge is 0.233 e. The van der Waals surface area contributed by atoms with E-state index in [0.29, 0.717) is 26.2 Å². The van der Waals surface area contributed by atoms with Crippen LogP contribution < -0.4 is 5.32 Å². The summed E-state index contributed by atoms with van der Waals surface area (Å²) in [6.07, 6.45) is 0.648. The van der Waals surface area contributed by atoms with E-state index in [-0.39, 0.29) is 24.1 Å². The van der Waals surface area contributed by atoms with Gasteiger partial charge in [-0.05, 0) is 18.1 Å². The van der Waals surface area contributed by atoms with Crippen molar-refractivity contribution in [1.29, 1.82) is 0 Å². The highest BCUT2D eigenvalue weighted by Gasteiger charge is 2.23. The van der Waals surface area contributed by atoms with E-state index < -0.39 is 0 Å². The quantitative estimate of drug-likeness (QED) is 0.850. The third-order valence-corrected chi connectivity index (χ3v) is 4.06. The van der Waals surface area contributed by atoms with Crippen molar-refractivity contribution < 1.29 is 14.4 Å². The van der Waals surface area contributed by atoms with Gasteiger partial charge in [0.15, 0.2) is 0 Å². The van der Waals surface area contributed by atoms with E-state index >= 15 is 0 Å². The molecule has 1 aliphatic rings. The maximum atomic E-state index is 12.2. The van der Waals surface area contributed by atoms with E-state index in [4.69, 9.17) is 0 Å². The van der Waals surface area contributed by atoms with Crippen molar-refractivity contribution in [1.82, 2.24) is 9.80 Å². The molecule has 0 aliphatic carbocycles. The number of piperazine rings is 1. The molecule has 2 rings (SSSR count). The van der Waals surface area contributed by atoms with Gasteiger partial charge >= 0.3 is 0 Å². The number of carbonyl (C=O) groups is 3. The molecule has 1 aliphatic heterocycles. The highest BCUT2D eigenvalue weighted by Crippen LogP contribution is 2.16. The van der Waals surface area contributed by atoms with Gasteiger partial charge in [-0.3, -0.25) is 14.4 Å². The Bertz CT molecular complexity index is 593. The van der Waals surface area contributed by atoms with Crippen LogP contribution in [0.3, 0.4) is 0 Å². The summed E-state index contributed by atoms with van der Waals surface area (Å²) >= 11 is 0. The molecular formula is C17H23N3O3. The van der Waals surface area contributed by atoms with Crippen LogP contribution in [-0.2, 0) is 20.8 Å². The summed E-state index contributed by atoms with van der Waals surface area (Å²) < 4.78 is 0. The summed E-state index contributed by atoms with van der Waals surface area (Å²) in [6.45, 7) is 5.57. The monoisotopic (exact) mass is 317 g/mol. The lowest BCUT2D eigenvalue weighted by molar-refractivity contribution is -0.140. The van der Waals surface area contributed by atoms with E-state index in [1.807, 2.05) is 31.2 Å². The van der Waals surface area contributed by atoms with Crippen LogP contribution in [0.15, 0.2) is 24.3 Å². The van der Waals surface area contributed by atoms with Gasteiger partial charge in [0.05, 0.1) is 0 Å². The van der Waals surface area contributed by atoms with Crippen molar-refractivity contribution >= 4 is 23.4 Å². The average Bonchev–Trinajstić information content (AvgIpc) is 2.55. The molecule has 6 heteroatoms. The Morgan fingerprint density at radius 1 is 1.04 bits per heavy atom. The normalized spacial score (nSPS) is 14.5. The van der Waals surface area contributed by atoms with Gasteiger partial charge in [0, 0.05) is 38.8 Å². The highest BCUT2D eigenvalue weighted by atomic mass is 16.2. The largest absolute Gasteiger partial charge is 0.339 e. The zero-order valence-electron chi connectivity index (χ0n) is 13.7. The molecule has 0 unspecified atom stereocenters. The van der Waals surface area contributed by atoms with Gasteiger partial charge in [-0.1, -0.05) is 25.1 Å². The molecule has 0 saturated carbocycles. The van der Waals surface area contributed by atoms with Crippen LogP contribution >= 0.6 is 0 Å². The molecule has 0 spiro atoms. The second-order valence-corrected chi connectivity index (χ2v) is 5.62. The van der Waals surface area contributed by atoms with Crippen LogP contribution in [0.1, 0.15) is 25.8 Å². The third kappa shape index (κ3) is 4.55. The summed E-state index contributed by atoms with van der Waals surface area (Å²) in [5.41, 5.74) is 1.80. The molecular weight excluding hydrogens is 294 g/mol. The number of amides is 3. The number of para-hydroxylation sites is 1. The first kappa shape index (κ1) is 17.0. The molecule has 1 N–H and O–H groups in total. The molecule has 0 bridgehead atoms. The van der Waals surface area contributed by atoms with Crippen molar-refractivity contribution in [2.75, 3.05) is 31.5 Å². The fourth-order valence-electron chi connectivity index (χ4n) is 2.66. The van der Waals surface area contributed by atoms with Crippen molar-refractivity contribution in [3.63, 3.8) is 0 Å². The number of carbonyl (C=O) groups excluding carboxylic acids is 3. The third-order valence-electron chi connectivity index (χ3n) is 4.06. The van der Waals surface area contributed by atoms with Crippen molar-refractivity contribution in [2.45, 2.75) is 26.7 Å². The Hall–Kier alpha value is -2.37. The van der Waals surface area contributed by atoms with Gasteiger partial charge < -0.3 is 15.1 Å². The number of nitrogens with zero attached hydrogens (tertiary/aromatic N) is 2. The molecule has 1 saturated heterocycles. The van der Waals surface area contributed by atoms with Crippen LogP contribution in [0.2, 0.25) is 0 Å². The molecule has 1 aromatic rings. The SMILES string of the molecule is CCc1ccccc1NC(=O)CC(=O)N1CCN(C(C)=O)CC1. The maximum absolute atomic E-state index is 12.2. The molecule has 0 atom stereocenters. The minimum Gasteiger partial charge on any atom is -0.339 e. The van der Waals surface area contributed by atoms with E-state index in [2.05, 4.69) is 5.32 Å². The molecule has 23 heavy (non-hydrogen) atoms. The molecule has 124 valence electrons. The second-order valence-electron chi connectivity index (χ2n) is 5.62. The first-order chi connectivity index (χ1) is 11.0. The number of rotatable bonds is 4. The highest BCUT2D eigenvalue weighted by molar-refractivity contribution is 6.03. The molecule has 1 aromatic carbocycles. The number of hydrogen-bond donors (Lipinski definition) is 1. The lowest BCUT2D eigenvalue weighted by atomic mass is 10.1. The first-order valence-electron chi connectivity index (χ1n) is 7.92. The number of hydrogen-bond acceptors (Lipinski definition) is 3. The summed E-state index contributed by atoms with van der Waals surface area (Å²) in [7, 11) is 0. The maximum Gasteiger partial charge on any atom is 0.233 e. The Morgan fingerprint density at radius 3 is 2.26 bits per heavy atom. The Morgan fingerprint density at radius 2 is 1.65 bits per heavy atom. The van der Waals surface area contributed by atoms with Crippen molar-refractivity contribution in [3.8, 4) is 0 Å². The Kier molecular flexibility index (Phi) is 5.73.